The second kappa shape index (κ2) is 15.4. The lowest BCUT2D eigenvalue weighted by molar-refractivity contribution is -0.0823. The largest absolute Gasteiger partial charge is 0.459 e. The minimum Gasteiger partial charge on any atom is -0.459 e. The molecule has 8 nitrogen and oxygen atoms in total. The molecule has 0 unspecified atom stereocenters. The molecule has 218 valence electrons. The summed E-state index contributed by atoms with van der Waals surface area (Å²) in [6.45, 7) is 18.7. The molecule has 38 heavy (non-hydrogen) atoms. The summed E-state index contributed by atoms with van der Waals surface area (Å²) >= 11 is 0. The average molecular weight is 589 g/mol. The van der Waals surface area contributed by atoms with Gasteiger partial charge in [0.1, 0.15) is 25.6 Å². The van der Waals surface area contributed by atoms with Crippen molar-refractivity contribution in [3.8, 4) is 0 Å². The quantitative estimate of drug-likeness (QED) is 0.0558. The van der Waals surface area contributed by atoms with Crippen LogP contribution in [0.1, 0.15) is 37.6 Å². The maximum Gasteiger partial charge on any atom is 0.338 e. The standard InChI is InChI=1S/C27H48O8SSi2/c1-27(2,3)38(8,9)34-21-24(33-22-31-18-19-37(5,6)7)16-13-17-25(35-36(4,29)30)20-32-26(28)23-14-11-10-12-15-23/h10-16,24-25H,17-22H2,1-9H3/b16-13-/t24-,25-/m0/s1. The Morgan fingerprint density at radius 2 is 1.66 bits per heavy atom. The van der Waals surface area contributed by atoms with Crippen molar-refractivity contribution in [2.75, 3.05) is 32.9 Å². The third kappa shape index (κ3) is 15.3. The molecule has 11 heteroatoms. The van der Waals surface area contributed by atoms with Gasteiger partial charge in [0.25, 0.3) is 10.1 Å². The Kier molecular flexibility index (Phi) is 14.1. The second-order valence-corrected chi connectivity index (χ2v) is 24.2. The first-order valence-electron chi connectivity index (χ1n) is 13.0. The minimum atomic E-state index is -3.76. The molecular weight excluding hydrogens is 541 g/mol. The Hall–Kier alpha value is -1.35. The van der Waals surface area contributed by atoms with Crippen molar-refractivity contribution in [3.63, 3.8) is 0 Å². The van der Waals surface area contributed by atoms with E-state index in [2.05, 4.69) is 53.5 Å². The highest BCUT2D eigenvalue weighted by atomic mass is 32.2. The Labute approximate surface area is 232 Å². The van der Waals surface area contributed by atoms with Gasteiger partial charge in [-0.3, -0.25) is 4.18 Å². The number of hydrogen-bond acceptors (Lipinski definition) is 8. The molecule has 0 aliphatic carbocycles. The Morgan fingerprint density at radius 1 is 1.03 bits per heavy atom. The van der Waals surface area contributed by atoms with Crippen LogP contribution >= 0.6 is 0 Å². The van der Waals surface area contributed by atoms with Gasteiger partial charge in [0.15, 0.2) is 8.32 Å². The Morgan fingerprint density at radius 3 is 2.21 bits per heavy atom. The molecule has 0 aliphatic rings. The van der Waals surface area contributed by atoms with E-state index >= 15 is 0 Å². The number of benzene rings is 1. The third-order valence-electron chi connectivity index (χ3n) is 6.25. The number of esters is 1. The first-order chi connectivity index (χ1) is 17.4. The van der Waals surface area contributed by atoms with Crippen LogP contribution in [0.5, 0.6) is 0 Å². The lowest BCUT2D eigenvalue weighted by Gasteiger charge is -2.37. The number of ether oxygens (including phenoxy) is 3. The van der Waals surface area contributed by atoms with Crippen LogP contribution in [0.3, 0.4) is 0 Å². The molecule has 0 radical (unpaired) electrons. The van der Waals surface area contributed by atoms with Gasteiger partial charge < -0.3 is 18.6 Å². The van der Waals surface area contributed by atoms with Crippen LogP contribution in [0.25, 0.3) is 0 Å². The van der Waals surface area contributed by atoms with Gasteiger partial charge in [0.05, 0.1) is 18.4 Å². The van der Waals surface area contributed by atoms with Crippen molar-refractivity contribution in [1.29, 1.82) is 0 Å². The van der Waals surface area contributed by atoms with Gasteiger partial charge >= 0.3 is 5.97 Å². The summed E-state index contributed by atoms with van der Waals surface area (Å²) in [7, 11) is -6.96. The highest BCUT2D eigenvalue weighted by molar-refractivity contribution is 7.86. The molecule has 0 spiro atoms. The van der Waals surface area contributed by atoms with E-state index in [4.69, 9.17) is 22.8 Å². The van der Waals surface area contributed by atoms with Crippen LogP contribution in [0.4, 0.5) is 0 Å². The van der Waals surface area contributed by atoms with E-state index in [0.717, 1.165) is 12.3 Å². The molecule has 0 fully saturated rings. The lowest BCUT2D eigenvalue weighted by atomic mass is 10.2. The molecule has 2 atom stereocenters. The monoisotopic (exact) mass is 588 g/mol. The fraction of sp³-hybridized carbons (Fsp3) is 0.667. The van der Waals surface area contributed by atoms with Gasteiger partial charge in [-0.1, -0.05) is 70.8 Å². The SMILES string of the molecule is CC(C)(C)[Si](C)(C)OC[C@H](/C=C\C[C@@H](COC(=O)c1ccccc1)OS(C)(=O)=O)OCOCC[Si](C)(C)C. The first kappa shape index (κ1) is 34.7. The normalized spacial score (nSPS) is 15.0. The van der Waals surface area contributed by atoms with Crippen molar-refractivity contribution in [1.82, 2.24) is 0 Å². The Balaban J connectivity index is 2.83. The minimum absolute atomic E-state index is 0.0478. The summed E-state index contributed by atoms with van der Waals surface area (Å²) in [5.74, 6) is -0.545. The van der Waals surface area contributed by atoms with Crippen LogP contribution in [0.2, 0.25) is 43.8 Å². The van der Waals surface area contributed by atoms with Gasteiger partial charge in [-0.2, -0.15) is 8.42 Å². The van der Waals surface area contributed by atoms with Gasteiger partial charge in [-0.25, -0.2) is 4.79 Å². The smallest absolute Gasteiger partial charge is 0.338 e. The van der Waals surface area contributed by atoms with E-state index in [9.17, 15) is 13.2 Å². The van der Waals surface area contributed by atoms with Crippen LogP contribution < -0.4 is 0 Å². The first-order valence-corrected chi connectivity index (χ1v) is 21.4. The molecule has 0 N–H and O–H groups in total. The summed E-state index contributed by atoms with van der Waals surface area (Å²) in [4.78, 5) is 12.3. The van der Waals surface area contributed by atoms with E-state index < -0.39 is 38.6 Å². The highest BCUT2D eigenvalue weighted by Gasteiger charge is 2.37. The molecule has 1 aromatic carbocycles. The molecule has 0 bridgehead atoms. The molecule has 1 aromatic rings. The summed E-state index contributed by atoms with van der Waals surface area (Å²) in [5.41, 5.74) is 0.381. The van der Waals surface area contributed by atoms with Crippen LogP contribution in [0, 0.1) is 0 Å². The lowest BCUT2D eigenvalue weighted by Crippen LogP contribution is -2.42. The topological polar surface area (TPSA) is 97.4 Å². The van der Waals surface area contributed by atoms with Crippen LogP contribution in [-0.2, 0) is 32.9 Å². The van der Waals surface area contributed by atoms with E-state index in [1.807, 2.05) is 6.08 Å². The van der Waals surface area contributed by atoms with Crippen molar-refractivity contribution >= 4 is 32.5 Å². The molecule has 0 saturated heterocycles. The number of carbonyl (C=O) groups excluding carboxylic acids is 1. The van der Waals surface area contributed by atoms with Gasteiger partial charge in [-0.05, 0) is 42.7 Å². The number of hydrogen-bond donors (Lipinski definition) is 0. The summed E-state index contributed by atoms with van der Waals surface area (Å²) in [6.07, 6.45) is 3.51. The fourth-order valence-electron chi connectivity index (χ4n) is 2.83. The number of carbonyl (C=O) groups is 1. The zero-order chi connectivity index (χ0) is 29.0. The molecule has 0 amide bonds. The van der Waals surface area contributed by atoms with E-state index in [0.29, 0.717) is 18.8 Å². The van der Waals surface area contributed by atoms with E-state index in [1.165, 1.54) is 0 Å². The second-order valence-electron chi connectivity index (χ2n) is 12.2. The molecule has 0 aliphatic heterocycles. The molecular formula is C27H48O8SSi2. The predicted molar refractivity (Wildman–Crippen MR) is 157 cm³/mol. The van der Waals surface area contributed by atoms with Crippen molar-refractivity contribution in [2.45, 2.75) is 83.2 Å². The van der Waals surface area contributed by atoms with Crippen molar-refractivity contribution < 1.29 is 36.0 Å². The Bertz CT molecular complexity index is 967. The molecule has 0 saturated carbocycles. The zero-order valence-corrected chi connectivity index (χ0v) is 27.4. The van der Waals surface area contributed by atoms with E-state index in [1.54, 1.807) is 36.4 Å². The van der Waals surface area contributed by atoms with Gasteiger partial charge in [0, 0.05) is 14.7 Å². The van der Waals surface area contributed by atoms with Crippen LogP contribution in [-0.4, -0.2) is 75.9 Å². The predicted octanol–water partition coefficient (Wildman–Crippen LogP) is 5.85. The third-order valence-corrected chi connectivity index (χ3v) is 13.1. The summed E-state index contributed by atoms with van der Waals surface area (Å²) in [5, 5.41) is 0.0478. The van der Waals surface area contributed by atoms with Crippen molar-refractivity contribution in [2.24, 2.45) is 0 Å². The zero-order valence-electron chi connectivity index (χ0n) is 24.6. The summed E-state index contributed by atoms with van der Waals surface area (Å²) in [6, 6.07) is 9.55. The molecule has 0 aromatic heterocycles. The molecule has 0 heterocycles. The maximum atomic E-state index is 12.3. The molecule has 1 rings (SSSR count). The van der Waals surface area contributed by atoms with Gasteiger partial charge in [-0.15, -0.1) is 0 Å². The highest BCUT2D eigenvalue weighted by Crippen LogP contribution is 2.36. The number of rotatable bonds is 17. The van der Waals surface area contributed by atoms with Crippen LogP contribution in [0.15, 0.2) is 42.5 Å². The maximum absolute atomic E-state index is 12.3. The fourth-order valence-corrected chi connectivity index (χ4v) is 5.23. The van der Waals surface area contributed by atoms with E-state index in [-0.39, 0.29) is 31.0 Å². The summed E-state index contributed by atoms with van der Waals surface area (Å²) < 4.78 is 52.1. The average Bonchev–Trinajstić information content (AvgIpc) is 2.78. The van der Waals surface area contributed by atoms with Crippen molar-refractivity contribution in [3.05, 3.63) is 48.0 Å². The van der Waals surface area contributed by atoms with Gasteiger partial charge in [0.2, 0.25) is 0 Å².